The molecule has 104 valence electrons. The van der Waals surface area contributed by atoms with Gasteiger partial charge in [-0.15, -0.1) is 0 Å². The number of urea groups is 1. The molecule has 0 fully saturated rings. The number of methoxy groups -OCH3 is 1. The van der Waals surface area contributed by atoms with Gasteiger partial charge in [0.05, 0.1) is 0 Å². The van der Waals surface area contributed by atoms with Gasteiger partial charge in [0.25, 0.3) is 0 Å². The topological polar surface area (TPSA) is 79.5 Å². The first-order valence-electron chi connectivity index (χ1n) is 6.03. The van der Waals surface area contributed by atoms with Gasteiger partial charge >= 0.3 is 6.03 Å². The van der Waals surface area contributed by atoms with Gasteiger partial charge in [-0.25, -0.2) is 4.79 Å². The van der Waals surface area contributed by atoms with E-state index in [1.807, 2.05) is 0 Å². The molecule has 0 aliphatic rings. The molecular weight excluding hydrogens is 246 g/mol. The van der Waals surface area contributed by atoms with Crippen molar-refractivity contribution < 1.29 is 14.3 Å². The van der Waals surface area contributed by atoms with Crippen LogP contribution in [0, 0.1) is 0 Å². The van der Waals surface area contributed by atoms with Crippen LogP contribution in [0.15, 0.2) is 24.3 Å². The molecule has 0 bridgehead atoms. The van der Waals surface area contributed by atoms with E-state index in [9.17, 15) is 9.59 Å². The Balaban J connectivity index is 2.36. The van der Waals surface area contributed by atoms with E-state index in [0.29, 0.717) is 24.5 Å². The zero-order valence-electron chi connectivity index (χ0n) is 11.2. The number of hydrogen-bond acceptors (Lipinski definition) is 3. The first-order valence-corrected chi connectivity index (χ1v) is 6.03. The molecule has 19 heavy (non-hydrogen) atoms. The molecule has 1 rings (SSSR count). The summed E-state index contributed by atoms with van der Waals surface area (Å²) in [6.07, 6.45) is 0.769. The minimum absolute atomic E-state index is 0.128. The lowest BCUT2D eigenvalue weighted by Gasteiger charge is -2.08. The van der Waals surface area contributed by atoms with E-state index in [2.05, 4.69) is 16.0 Å². The summed E-state index contributed by atoms with van der Waals surface area (Å²) in [4.78, 5) is 22.4. The number of benzene rings is 1. The van der Waals surface area contributed by atoms with E-state index in [1.54, 1.807) is 31.4 Å². The molecule has 0 spiro atoms. The Morgan fingerprint density at radius 2 is 1.68 bits per heavy atom. The third-order valence-corrected chi connectivity index (χ3v) is 2.27. The van der Waals surface area contributed by atoms with Crippen molar-refractivity contribution >= 4 is 23.3 Å². The van der Waals surface area contributed by atoms with Gasteiger partial charge in [0.1, 0.15) is 0 Å². The molecule has 1 aromatic rings. The Kier molecular flexibility index (Phi) is 6.38. The predicted octanol–water partition coefficient (Wildman–Crippen LogP) is 1.80. The Labute approximate surface area is 112 Å². The molecule has 0 aliphatic heterocycles. The van der Waals surface area contributed by atoms with Gasteiger partial charge < -0.3 is 20.7 Å². The number of amides is 3. The van der Waals surface area contributed by atoms with Crippen molar-refractivity contribution in [3.05, 3.63) is 24.3 Å². The normalized spacial score (nSPS) is 9.79. The Bertz CT molecular complexity index is 418. The lowest BCUT2D eigenvalue weighted by Crippen LogP contribution is -2.30. The van der Waals surface area contributed by atoms with Crippen molar-refractivity contribution in [3.8, 4) is 0 Å². The Hall–Kier alpha value is -2.08. The van der Waals surface area contributed by atoms with E-state index in [1.165, 1.54) is 6.92 Å². The van der Waals surface area contributed by atoms with Gasteiger partial charge in [0.2, 0.25) is 5.91 Å². The first kappa shape index (κ1) is 15.0. The van der Waals surface area contributed by atoms with Crippen molar-refractivity contribution in [2.24, 2.45) is 0 Å². The highest BCUT2D eigenvalue weighted by molar-refractivity contribution is 5.91. The zero-order valence-corrected chi connectivity index (χ0v) is 11.2. The van der Waals surface area contributed by atoms with Gasteiger partial charge in [-0.2, -0.15) is 0 Å². The van der Waals surface area contributed by atoms with Crippen LogP contribution in [-0.2, 0) is 9.53 Å². The molecule has 0 aromatic heterocycles. The first-order chi connectivity index (χ1) is 9.11. The Morgan fingerprint density at radius 1 is 1.11 bits per heavy atom. The number of nitrogens with one attached hydrogen (secondary N) is 3. The summed E-state index contributed by atoms with van der Waals surface area (Å²) in [6.45, 7) is 2.62. The molecule has 6 nitrogen and oxygen atoms in total. The number of rotatable bonds is 6. The number of carbonyl (C=O) groups is 2. The monoisotopic (exact) mass is 265 g/mol. The van der Waals surface area contributed by atoms with Crippen LogP contribution < -0.4 is 16.0 Å². The minimum atomic E-state index is -0.261. The van der Waals surface area contributed by atoms with E-state index in [0.717, 1.165) is 6.42 Å². The maximum Gasteiger partial charge on any atom is 0.319 e. The van der Waals surface area contributed by atoms with Crippen LogP contribution in [0.4, 0.5) is 16.2 Å². The summed E-state index contributed by atoms with van der Waals surface area (Å²) in [6, 6.07) is 6.63. The summed E-state index contributed by atoms with van der Waals surface area (Å²) in [5.41, 5.74) is 1.36. The van der Waals surface area contributed by atoms with Gasteiger partial charge in [0.15, 0.2) is 0 Å². The highest BCUT2D eigenvalue weighted by Gasteiger charge is 2.01. The number of anilines is 2. The fourth-order valence-corrected chi connectivity index (χ4v) is 1.43. The van der Waals surface area contributed by atoms with Crippen LogP contribution in [0.1, 0.15) is 13.3 Å². The maximum atomic E-state index is 11.5. The molecule has 0 saturated carbocycles. The fourth-order valence-electron chi connectivity index (χ4n) is 1.43. The van der Waals surface area contributed by atoms with Gasteiger partial charge in [-0.1, -0.05) is 0 Å². The third-order valence-electron chi connectivity index (χ3n) is 2.27. The molecular formula is C13H19N3O3. The van der Waals surface area contributed by atoms with Crippen LogP contribution in [-0.4, -0.2) is 32.2 Å². The van der Waals surface area contributed by atoms with E-state index < -0.39 is 0 Å². The largest absolute Gasteiger partial charge is 0.385 e. The standard InChI is InChI=1S/C13H19N3O3/c1-10(17)15-11-4-6-12(7-5-11)16-13(18)14-8-3-9-19-2/h4-7H,3,8-9H2,1-2H3,(H,15,17)(H2,14,16,18). The SMILES string of the molecule is COCCCNC(=O)Nc1ccc(NC(C)=O)cc1. The van der Waals surface area contributed by atoms with Crippen LogP contribution in [0.2, 0.25) is 0 Å². The van der Waals surface area contributed by atoms with Crippen LogP contribution >= 0.6 is 0 Å². The number of ether oxygens (including phenoxy) is 1. The van der Waals surface area contributed by atoms with Crippen molar-refractivity contribution in [2.45, 2.75) is 13.3 Å². The average Bonchev–Trinajstić information content (AvgIpc) is 2.36. The van der Waals surface area contributed by atoms with Crippen LogP contribution in [0.5, 0.6) is 0 Å². The van der Waals surface area contributed by atoms with Gasteiger partial charge in [-0.05, 0) is 30.7 Å². The maximum absolute atomic E-state index is 11.5. The summed E-state index contributed by atoms with van der Waals surface area (Å²) in [7, 11) is 1.62. The van der Waals surface area contributed by atoms with E-state index in [4.69, 9.17) is 4.74 Å². The molecule has 0 atom stereocenters. The van der Waals surface area contributed by atoms with Crippen LogP contribution in [0.3, 0.4) is 0 Å². The van der Waals surface area contributed by atoms with Crippen molar-refractivity contribution in [2.75, 3.05) is 30.9 Å². The summed E-state index contributed by atoms with van der Waals surface area (Å²) >= 11 is 0. The van der Waals surface area contributed by atoms with E-state index in [-0.39, 0.29) is 11.9 Å². The van der Waals surface area contributed by atoms with E-state index >= 15 is 0 Å². The average molecular weight is 265 g/mol. The summed E-state index contributed by atoms with van der Waals surface area (Å²) in [5.74, 6) is -0.128. The second-order valence-electron chi connectivity index (χ2n) is 3.99. The summed E-state index contributed by atoms with van der Waals surface area (Å²) < 4.78 is 4.88. The molecule has 3 amide bonds. The smallest absolute Gasteiger partial charge is 0.319 e. The molecule has 6 heteroatoms. The zero-order chi connectivity index (χ0) is 14.1. The molecule has 3 N–H and O–H groups in total. The van der Waals surface area contributed by atoms with Crippen LogP contribution in [0.25, 0.3) is 0 Å². The van der Waals surface area contributed by atoms with Crippen molar-refractivity contribution in [1.82, 2.24) is 5.32 Å². The van der Waals surface area contributed by atoms with Gasteiger partial charge in [-0.3, -0.25) is 4.79 Å². The highest BCUT2D eigenvalue weighted by Crippen LogP contribution is 2.13. The molecule has 0 saturated heterocycles. The van der Waals surface area contributed by atoms with Gasteiger partial charge in [0, 0.05) is 38.6 Å². The minimum Gasteiger partial charge on any atom is -0.385 e. The number of hydrogen-bond donors (Lipinski definition) is 3. The lowest BCUT2D eigenvalue weighted by atomic mass is 10.3. The Morgan fingerprint density at radius 3 is 2.21 bits per heavy atom. The lowest BCUT2D eigenvalue weighted by molar-refractivity contribution is -0.114. The van der Waals surface area contributed by atoms with Crippen molar-refractivity contribution in [1.29, 1.82) is 0 Å². The molecule has 0 aliphatic carbocycles. The predicted molar refractivity (Wildman–Crippen MR) is 74.3 cm³/mol. The van der Waals surface area contributed by atoms with Crippen molar-refractivity contribution in [3.63, 3.8) is 0 Å². The highest BCUT2D eigenvalue weighted by atomic mass is 16.5. The molecule has 0 unspecified atom stereocenters. The molecule has 1 aromatic carbocycles. The number of carbonyl (C=O) groups excluding carboxylic acids is 2. The fraction of sp³-hybridized carbons (Fsp3) is 0.385. The third kappa shape index (κ3) is 6.42. The molecule has 0 radical (unpaired) electrons. The second kappa shape index (κ2) is 8.10. The second-order valence-corrected chi connectivity index (χ2v) is 3.99. The molecule has 0 heterocycles. The summed E-state index contributed by atoms with van der Waals surface area (Å²) in [5, 5.41) is 8.06. The quantitative estimate of drug-likeness (QED) is 0.686.